The molecule has 5 heteroatoms. The average molecular weight is 353 g/mol. The number of carbonyl (C=O) groups is 1. The predicted molar refractivity (Wildman–Crippen MR) is 102 cm³/mol. The van der Waals surface area contributed by atoms with Crippen molar-refractivity contribution in [1.29, 1.82) is 0 Å². The van der Waals surface area contributed by atoms with Gasteiger partial charge in [0.15, 0.2) is 0 Å². The minimum atomic E-state index is 0.185. The summed E-state index contributed by atoms with van der Waals surface area (Å²) in [6, 6.07) is 14.1. The topological polar surface area (TPSA) is 45.7 Å². The molecule has 1 aromatic heterocycles. The van der Waals surface area contributed by atoms with E-state index in [0.717, 1.165) is 30.0 Å². The molecule has 1 amide bonds. The second kappa shape index (κ2) is 8.81. The molecular formula is C21H27N3O2. The van der Waals surface area contributed by atoms with E-state index in [1.807, 2.05) is 47.4 Å². The van der Waals surface area contributed by atoms with Crippen LogP contribution in [0.3, 0.4) is 0 Å². The van der Waals surface area contributed by atoms with Crippen LogP contribution in [0, 0.1) is 0 Å². The van der Waals surface area contributed by atoms with Crippen LogP contribution in [-0.2, 0) is 17.9 Å². The molecule has 1 fully saturated rings. The van der Waals surface area contributed by atoms with Gasteiger partial charge >= 0.3 is 0 Å². The molecule has 26 heavy (non-hydrogen) atoms. The Morgan fingerprint density at radius 1 is 1.23 bits per heavy atom. The molecule has 3 rings (SSSR count). The third-order valence-electron chi connectivity index (χ3n) is 5.05. The lowest BCUT2D eigenvalue weighted by atomic mass is 10.1. The lowest BCUT2D eigenvalue weighted by Crippen LogP contribution is -2.36. The Morgan fingerprint density at radius 2 is 2.04 bits per heavy atom. The Hall–Kier alpha value is -2.40. The number of hydrogen-bond donors (Lipinski definition) is 0. The Bertz CT molecular complexity index is 703. The van der Waals surface area contributed by atoms with Gasteiger partial charge < -0.3 is 14.5 Å². The standard InChI is InChI=1S/C21H27N3O2/c1-23-13-5-7-19(23)14-21(25)24(16-18-6-3-4-12-22-18)15-17-8-10-20(26-2)11-9-17/h3-4,6,8-12,19H,5,7,13-16H2,1-2H3. The normalized spacial score (nSPS) is 17.2. The SMILES string of the molecule is COc1ccc(CN(Cc2ccccn2)C(=O)CC2CCCN2C)cc1. The number of nitrogens with zero attached hydrogens (tertiary/aromatic N) is 3. The predicted octanol–water partition coefficient (Wildman–Crippen LogP) is 3.10. The van der Waals surface area contributed by atoms with Crippen molar-refractivity contribution in [2.75, 3.05) is 20.7 Å². The van der Waals surface area contributed by atoms with Gasteiger partial charge in [0.2, 0.25) is 5.91 Å². The first-order valence-electron chi connectivity index (χ1n) is 9.16. The molecule has 1 aromatic carbocycles. The van der Waals surface area contributed by atoms with Gasteiger partial charge in [-0.25, -0.2) is 0 Å². The van der Waals surface area contributed by atoms with E-state index in [-0.39, 0.29) is 5.91 Å². The summed E-state index contributed by atoms with van der Waals surface area (Å²) in [5.41, 5.74) is 2.00. The Labute approximate surface area is 155 Å². The highest BCUT2D eigenvalue weighted by Crippen LogP contribution is 2.21. The molecule has 0 N–H and O–H groups in total. The number of amides is 1. The van der Waals surface area contributed by atoms with Crippen LogP contribution in [0.5, 0.6) is 5.75 Å². The number of methoxy groups -OCH3 is 1. The molecule has 0 bridgehead atoms. The summed E-state index contributed by atoms with van der Waals surface area (Å²) in [6.07, 6.45) is 4.62. The molecule has 0 aliphatic carbocycles. The fraction of sp³-hybridized carbons (Fsp3) is 0.429. The number of aromatic nitrogens is 1. The summed E-state index contributed by atoms with van der Waals surface area (Å²) in [6.45, 7) is 2.19. The second-order valence-electron chi connectivity index (χ2n) is 6.90. The fourth-order valence-corrected chi connectivity index (χ4v) is 3.44. The summed E-state index contributed by atoms with van der Waals surface area (Å²) >= 11 is 0. The van der Waals surface area contributed by atoms with Gasteiger partial charge in [-0.1, -0.05) is 18.2 Å². The minimum absolute atomic E-state index is 0.185. The van der Waals surface area contributed by atoms with Crippen molar-refractivity contribution in [2.24, 2.45) is 0 Å². The van der Waals surface area contributed by atoms with Crippen LogP contribution >= 0.6 is 0 Å². The first-order valence-corrected chi connectivity index (χ1v) is 9.16. The fourth-order valence-electron chi connectivity index (χ4n) is 3.44. The first kappa shape index (κ1) is 18.4. The largest absolute Gasteiger partial charge is 0.497 e. The van der Waals surface area contributed by atoms with Crippen molar-refractivity contribution in [3.63, 3.8) is 0 Å². The Morgan fingerprint density at radius 3 is 2.65 bits per heavy atom. The van der Waals surface area contributed by atoms with Gasteiger partial charge in [-0.05, 0) is 56.3 Å². The quantitative estimate of drug-likeness (QED) is 0.767. The maximum atomic E-state index is 13.0. The van der Waals surface area contributed by atoms with Crippen LogP contribution in [0.1, 0.15) is 30.5 Å². The third kappa shape index (κ3) is 4.82. The van der Waals surface area contributed by atoms with Crippen molar-refractivity contribution < 1.29 is 9.53 Å². The van der Waals surface area contributed by atoms with Crippen LogP contribution < -0.4 is 4.74 Å². The summed E-state index contributed by atoms with van der Waals surface area (Å²) < 4.78 is 5.22. The highest BCUT2D eigenvalue weighted by Gasteiger charge is 2.26. The number of hydrogen-bond acceptors (Lipinski definition) is 4. The van der Waals surface area contributed by atoms with Gasteiger partial charge in [-0.2, -0.15) is 0 Å². The average Bonchev–Trinajstić information content (AvgIpc) is 3.07. The van der Waals surface area contributed by atoms with Crippen molar-refractivity contribution in [3.8, 4) is 5.75 Å². The summed E-state index contributed by atoms with van der Waals surface area (Å²) in [5.74, 6) is 1.01. The molecule has 2 heterocycles. The zero-order valence-corrected chi connectivity index (χ0v) is 15.6. The molecule has 138 valence electrons. The highest BCUT2D eigenvalue weighted by atomic mass is 16.5. The molecule has 2 aromatic rings. The van der Waals surface area contributed by atoms with E-state index in [2.05, 4.69) is 16.9 Å². The van der Waals surface area contributed by atoms with Gasteiger partial charge in [0, 0.05) is 25.2 Å². The van der Waals surface area contributed by atoms with Gasteiger partial charge in [0.05, 0.1) is 19.3 Å². The summed E-state index contributed by atoms with van der Waals surface area (Å²) in [7, 11) is 3.77. The smallest absolute Gasteiger partial charge is 0.224 e. The van der Waals surface area contributed by atoms with Gasteiger partial charge in [0.1, 0.15) is 5.75 Å². The lowest BCUT2D eigenvalue weighted by molar-refractivity contribution is -0.133. The third-order valence-corrected chi connectivity index (χ3v) is 5.05. The highest BCUT2D eigenvalue weighted by molar-refractivity contribution is 5.76. The van der Waals surface area contributed by atoms with Crippen molar-refractivity contribution in [2.45, 2.75) is 38.4 Å². The monoisotopic (exact) mass is 353 g/mol. The van der Waals surface area contributed by atoms with E-state index < -0.39 is 0 Å². The molecule has 1 saturated heterocycles. The zero-order chi connectivity index (χ0) is 18.4. The first-order chi connectivity index (χ1) is 12.7. The van der Waals surface area contributed by atoms with Crippen LogP contribution in [0.4, 0.5) is 0 Å². The lowest BCUT2D eigenvalue weighted by Gasteiger charge is -2.26. The number of likely N-dealkylation sites (tertiary alicyclic amines) is 1. The van der Waals surface area contributed by atoms with Gasteiger partial charge in [0.25, 0.3) is 0 Å². The van der Waals surface area contributed by atoms with Crippen molar-refractivity contribution >= 4 is 5.91 Å². The Kier molecular flexibility index (Phi) is 6.23. The van der Waals surface area contributed by atoms with E-state index in [1.165, 1.54) is 6.42 Å². The van der Waals surface area contributed by atoms with Crippen LogP contribution in [0.25, 0.3) is 0 Å². The van der Waals surface area contributed by atoms with E-state index in [9.17, 15) is 4.79 Å². The maximum absolute atomic E-state index is 13.0. The molecule has 0 radical (unpaired) electrons. The molecular weight excluding hydrogens is 326 g/mol. The zero-order valence-electron chi connectivity index (χ0n) is 15.6. The minimum Gasteiger partial charge on any atom is -0.497 e. The number of benzene rings is 1. The molecule has 5 nitrogen and oxygen atoms in total. The molecule has 0 saturated carbocycles. The molecule has 1 aliphatic rings. The molecule has 1 atom stereocenters. The van der Waals surface area contributed by atoms with Crippen LogP contribution in [-0.4, -0.2) is 47.4 Å². The summed E-state index contributed by atoms with van der Waals surface area (Å²) in [4.78, 5) is 21.6. The van der Waals surface area contributed by atoms with E-state index in [1.54, 1.807) is 13.3 Å². The van der Waals surface area contributed by atoms with E-state index >= 15 is 0 Å². The number of rotatable bonds is 7. The molecule has 0 spiro atoms. The molecule has 1 unspecified atom stereocenters. The summed E-state index contributed by atoms with van der Waals surface area (Å²) in [5, 5.41) is 0. The molecule has 1 aliphatic heterocycles. The number of ether oxygens (including phenoxy) is 1. The van der Waals surface area contributed by atoms with E-state index in [0.29, 0.717) is 25.6 Å². The van der Waals surface area contributed by atoms with Crippen molar-refractivity contribution in [1.82, 2.24) is 14.8 Å². The second-order valence-corrected chi connectivity index (χ2v) is 6.90. The maximum Gasteiger partial charge on any atom is 0.224 e. The van der Waals surface area contributed by atoms with Crippen LogP contribution in [0.15, 0.2) is 48.7 Å². The van der Waals surface area contributed by atoms with Crippen LogP contribution in [0.2, 0.25) is 0 Å². The Balaban J connectivity index is 1.72. The van der Waals surface area contributed by atoms with Crippen molar-refractivity contribution in [3.05, 3.63) is 59.9 Å². The van der Waals surface area contributed by atoms with E-state index in [4.69, 9.17) is 4.74 Å². The number of pyridine rings is 1. The van der Waals surface area contributed by atoms with Gasteiger partial charge in [-0.3, -0.25) is 9.78 Å². The van der Waals surface area contributed by atoms with Gasteiger partial charge in [-0.15, -0.1) is 0 Å². The number of carbonyl (C=O) groups excluding carboxylic acids is 1.